The van der Waals surface area contributed by atoms with Crippen LogP contribution in [0.2, 0.25) is 0 Å². The van der Waals surface area contributed by atoms with Gasteiger partial charge in [0.25, 0.3) is 11.2 Å². The SMILES string of the molecule is C=CCn1c(SCc2ccc([N+](=O)[O-])cc2)nc2sc(C)c(C)c2c1=O. The van der Waals surface area contributed by atoms with Gasteiger partial charge in [0, 0.05) is 29.3 Å². The Labute approximate surface area is 158 Å². The molecule has 134 valence electrons. The molecule has 8 heteroatoms. The van der Waals surface area contributed by atoms with Crippen LogP contribution in [0.1, 0.15) is 16.0 Å². The average molecular weight is 387 g/mol. The lowest BCUT2D eigenvalue weighted by atomic mass is 10.2. The third kappa shape index (κ3) is 3.42. The van der Waals surface area contributed by atoms with Gasteiger partial charge in [-0.05, 0) is 25.0 Å². The quantitative estimate of drug-likeness (QED) is 0.205. The van der Waals surface area contributed by atoms with Gasteiger partial charge in [0.1, 0.15) is 4.83 Å². The number of nitro groups is 1. The van der Waals surface area contributed by atoms with E-state index in [0.29, 0.717) is 22.8 Å². The molecular weight excluding hydrogens is 370 g/mol. The number of thioether (sulfide) groups is 1. The summed E-state index contributed by atoms with van der Waals surface area (Å²) in [6.45, 7) is 8.05. The van der Waals surface area contributed by atoms with E-state index in [1.54, 1.807) is 22.8 Å². The van der Waals surface area contributed by atoms with Gasteiger partial charge >= 0.3 is 0 Å². The Hall–Kier alpha value is -2.45. The van der Waals surface area contributed by atoms with E-state index in [-0.39, 0.29) is 11.2 Å². The number of fused-ring (bicyclic) bond motifs is 1. The molecular formula is C18H17N3O3S2. The minimum absolute atomic E-state index is 0.0528. The molecule has 0 radical (unpaired) electrons. The van der Waals surface area contributed by atoms with Crippen LogP contribution >= 0.6 is 23.1 Å². The third-order valence-electron chi connectivity index (χ3n) is 4.08. The first-order valence-electron chi connectivity index (χ1n) is 7.90. The number of benzene rings is 1. The van der Waals surface area contributed by atoms with E-state index in [1.807, 2.05) is 13.8 Å². The van der Waals surface area contributed by atoms with Crippen LogP contribution in [-0.2, 0) is 12.3 Å². The highest BCUT2D eigenvalue weighted by molar-refractivity contribution is 7.98. The number of hydrogen-bond donors (Lipinski definition) is 0. The predicted molar refractivity (Wildman–Crippen MR) is 106 cm³/mol. The van der Waals surface area contributed by atoms with Crippen molar-refractivity contribution >= 4 is 39.0 Å². The average Bonchev–Trinajstić information content (AvgIpc) is 2.90. The monoisotopic (exact) mass is 387 g/mol. The van der Waals surface area contributed by atoms with E-state index in [0.717, 1.165) is 20.8 Å². The predicted octanol–water partition coefficient (Wildman–Crippen LogP) is 4.46. The maximum atomic E-state index is 12.9. The van der Waals surface area contributed by atoms with Crippen LogP contribution in [0, 0.1) is 24.0 Å². The summed E-state index contributed by atoms with van der Waals surface area (Å²) in [4.78, 5) is 29.7. The van der Waals surface area contributed by atoms with Crippen molar-refractivity contribution < 1.29 is 4.92 Å². The van der Waals surface area contributed by atoms with Crippen molar-refractivity contribution in [3.8, 4) is 0 Å². The molecule has 2 aromatic heterocycles. The van der Waals surface area contributed by atoms with E-state index in [2.05, 4.69) is 11.6 Å². The molecule has 0 aliphatic carbocycles. The summed E-state index contributed by atoms with van der Waals surface area (Å²) < 4.78 is 1.63. The summed E-state index contributed by atoms with van der Waals surface area (Å²) in [6.07, 6.45) is 1.68. The second-order valence-electron chi connectivity index (χ2n) is 5.77. The lowest BCUT2D eigenvalue weighted by molar-refractivity contribution is -0.384. The molecule has 3 rings (SSSR count). The van der Waals surface area contributed by atoms with Gasteiger partial charge < -0.3 is 0 Å². The largest absolute Gasteiger partial charge is 0.283 e. The third-order valence-corrected chi connectivity index (χ3v) is 6.23. The fourth-order valence-corrected chi connectivity index (χ4v) is 4.61. The molecule has 0 amide bonds. The van der Waals surface area contributed by atoms with Crippen molar-refractivity contribution in [3.63, 3.8) is 0 Å². The molecule has 0 spiro atoms. The van der Waals surface area contributed by atoms with Gasteiger partial charge in [-0.3, -0.25) is 19.5 Å². The topological polar surface area (TPSA) is 78.0 Å². The summed E-state index contributed by atoms with van der Waals surface area (Å²) in [6, 6.07) is 6.41. The van der Waals surface area contributed by atoms with Gasteiger partial charge in [-0.2, -0.15) is 0 Å². The maximum Gasteiger partial charge on any atom is 0.269 e. The van der Waals surface area contributed by atoms with Gasteiger partial charge in [0.15, 0.2) is 5.16 Å². The standard InChI is InChI=1S/C18H17N3O3S2/c1-4-9-20-17(22)15-11(2)12(3)26-16(15)19-18(20)25-10-13-5-7-14(8-6-13)21(23)24/h4-8H,1,9-10H2,2-3H3. The molecule has 3 aromatic rings. The van der Waals surface area contributed by atoms with Crippen LogP contribution < -0.4 is 5.56 Å². The van der Waals surface area contributed by atoms with Gasteiger partial charge in [-0.15, -0.1) is 17.9 Å². The second kappa shape index (κ2) is 7.43. The number of hydrogen-bond acceptors (Lipinski definition) is 6. The van der Waals surface area contributed by atoms with E-state index in [4.69, 9.17) is 0 Å². The molecule has 0 saturated carbocycles. The molecule has 0 aliphatic heterocycles. The van der Waals surface area contributed by atoms with Gasteiger partial charge in [0.05, 0.1) is 10.3 Å². The number of nitro benzene ring substituents is 1. The van der Waals surface area contributed by atoms with E-state index in [1.165, 1.54) is 35.2 Å². The van der Waals surface area contributed by atoms with Crippen molar-refractivity contribution in [2.24, 2.45) is 0 Å². The van der Waals surface area contributed by atoms with Crippen LogP contribution in [0.4, 0.5) is 5.69 Å². The molecule has 0 unspecified atom stereocenters. The Morgan fingerprint density at radius 3 is 2.65 bits per heavy atom. The Balaban J connectivity index is 1.95. The van der Waals surface area contributed by atoms with Gasteiger partial charge in [0.2, 0.25) is 0 Å². The summed E-state index contributed by atoms with van der Waals surface area (Å²) >= 11 is 2.96. The number of aryl methyl sites for hydroxylation is 2. The fourth-order valence-electron chi connectivity index (χ4n) is 2.57. The minimum atomic E-state index is -0.421. The zero-order valence-corrected chi connectivity index (χ0v) is 16.0. The zero-order chi connectivity index (χ0) is 18.8. The van der Waals surface area contributed by atoms with E-state index in [9.17, 15) is 14.9 Å². The maximum absolute atomic E-state index is 12.9. The van der Waals surface area contributed by atoms with Gasteiger partial charge in [-0.1, -0.05) is 30.0 Å². The number of nitrogens with zero attached hydrogens (tertiary/aromatic N) is 3. The number of aromatic nitrogens is 2. The van der Waals surface area contributed by atoms with Crippen molar-refractivity contribution in [1.29, 1.82) is 0 Å². The molecule has 2 heterocycles. The van der Waals surface area contributed by atoms with Crippen LogP contribution in [0.15, 0.2) is 46.9 Å². The molecule has 0 N–H and O–H groups in total. The van der Waals surface area contributed by atoms with E-state index >= 15 is 0 Å². The van der Waals surface area contributed by atoms with Crippen molar-refractivity contribution in [3.05, 3.63) is 73.4 Å². The highest BCUT2D eigenvalue weighted by Gasteiger charge is 2.16. The van der Waals surface area contributed by atoms with E-state index < -0.39 is 4.92 Å². The smallest absolute Gasteiger partial charge is 0.269 e. The summed E-state index contributed by atoms with van der Waals surface area (Å²) in [5.41, 5.74) is 1.92. The van der Waals surface area contributed by atoms with Crippen LogP contribution in [0.25, 0.3) is 10.2 Å². The number of rotatable bonds is 6. The first kappa shape index (κ1) is 18.3. The minimum Gasteiger partial charge on any atom is -0.283 e. The molecule has 0 fully saturated rings. The lowest BCUT2D eigenvalue weighted by Crippen LogP contribution is -2.22. The Morgan fingerprint density at radius 2 is 2.04 bits per heavy atom. The zero-order valence-electron chi connectivity index (χ0n) is 14.4. The summed E-state index contributed by atoms with van der Waals surface area (Å²) in [5, 5.41) is 12.0. The highest BCUT2D eigenvalue weighted by atomic mass is 32.2. The van der Waals surface area contributed by atoms with Crippen LogP contribution in [0.5, 0.6) is 0 Å². The number of non-ortho nitro benzene ring substituents is 1. The summed E-state index contributed by atoms with van der Waals surface area (Å²) in [7, 11) is 0. The first-order chi connectivity index (χ1) is 12.4. The molecule has 0 bridgehead atoms. The highest BCUT2D eigenvalue weighted by Crippen LogP contribution is 2.29. The number of thiophene rings is 1. The molecule has 1 aromatic carbocycles. The number of allylic oxidation sites excluding steroid dienone is 1. The molecule has 0 aliphatic rings. The second-order valence-corrected chi connectivity index (χ2v) is 7.92. The Morgan fingerprint density at radius 1 is 1.35 bits per heavy atom. The van der Waals surface area contributed by atoms with Crippen LogP contribution in [0.3, 0.4) is 0 Å². The van der Waals surface area contributed by atoms with Gasteiger partial charge in [-0.25, -0.2) is 4.98 Å². The molecule has 0 saturated heterocycles. The Bertz CT molecular complexity index is 1050. The lowest BCUT2D eigenvalue weighted by Gasteiger charge is -2.10. The van der Waals surface area contributed by atoms with Crippen molar-refractivity contribution in [1.82, 2.24) is 9.55 Å². The normalized spacial score (nSPS) is 11.0. The van der Waals surface area contributed by atoms with Crippen molar-refractivity contribution in [2.45, 2.75) is 31.3 Å². The van der Waals surface area contributed by atoms with Crippen molar-refractivity contribution in [2.75, 3.05) is 0 Å². The fraction of sp³-hybridized carbons (Fsp3) is 0.222. The molecule has 26 heavy (non-hydrogen) atoms. The van der Waals surface area contributed by atoms with Crippen LogP contribution in [-0.4, -0.2) is 14.5 Å². The Kier molecular flexibility index (Phi) is 5.24. The summed E-state index contributed by atoms with van der Waals surface area (Å²) in [5.74, 6) is 0.566. The molecule has 6 nitrogen and oxygen atoms in total. The molecule has 0 atom stereocenters. The first-order valence-corrected chi connectivity index (χ1v) is 9.70.